The smallest absolute Gasteiger partial charge is 0.349 e. The number of hydrogen-bond acceptors (Lipinski definition) is 4. The molecule has 142 valence electrons. The SMILES string of the molecule is CC(C)(C)ON(NCc1ccc(C(F)(F)P(=O)(O)O)c(Br)c1)C(N)=O. The first-order valence-corrected chi connectivity index (χ1v) is 9.30. The van der Waals surface area contributed by atoms with Crippen LogP contribution >= 0.6 is 23.5 Å². The number of nitrogens with zero attached hydrogens (tertiary/aromatic N) is 1. The van der Waals surface area contributed by atoms with E-state index in [0.29, 0.717) is 10.7 Å². The van der Waals surface area contributed by atoms with E-state index < -0.39 is 30.5 Å². The molecule has 0 unspecified atom stereocenters. The van der Waals surface area contributed by atoms with Gasteiger partial charge in [0.2, 0.25) is 0 Å². The molecule has 0 heterocycles. The molecule has 5 N–H and O–H groups in total. The van der Waals surface area contributed by atoms with Crippen molar-refractivity contribution in [1.29, 1.82) is 0 Å². The Morgan fingerprint density at radius 3 is 2.36 bits per heavy atom. The second-order valence-corrected chi connectivity index (χ2v) is 8.57. The predicted molar refractivity (Wildman–Crippen MR) is 89.2 cm³/mol. The quantitative estimate of drug-likeness (QED) is 0.394. The van der Waals surface area contributed by atoms with Gasteiger partial charge in [-0.1, -0.05) is 28.1 Å². The van der Waals surface area contributed by atoms with Gasteiger partial charge in [0.25, 0.3) is 0 Å². The number of nitrogens with two attached hydrogens (primary N) is 1. The minimum atomic E-state index is -5.67. The Hall–Kier alpha value is -1.10. The first-order chi connectivity index (χ1) is 11.1. The topological polar surface area (TPSA) is 125 Å². The third-order valence-electron chi connectivity index (χ3n) is 2.72. The third kappa shape index (κ3) is 5.98. The van der Waals surface area contributed by atoms with Gasteiger partial charge >= 0.3 is 19.3 Å². The average Bonchev–Trinajstić information content (AvgIpc) is 2.40. The zero-order chi connectivity index (χ0) is 19.6. The first-order valence-electron chi connectivity index (χ1n) is 6.89. The van der Waals surface area contributed by atoms with Crippen molar-refractivity contribution in [1.82, 2.24) is 10.6 Å². The number of carbonyl (C=O) groups excluding carboxylic acids is 1. The van der Waals surface area contributed by atoms with Crippen LogP contribution in [0.1, 0.15) is 31.9 Å². The van der Waals surface area contributed by atoms with Crippen LogP contribution in [0.2, 0.25) is 0 Å². The van der Waals surface area contributed by atoms with Crippen LogP contribution in [0.3, 0.4) is 0 Å². The van der Waals surface area contributed by atoms with E-state index in [1.807, 2.05) is 0 Å². The van der Waals surface area contributed by atoms with Crippen LogP contribution in [0.4, 0.5) is 13.6 Å². The summed E-state index contributed by atoms with van der Waals surface area (Å²) in [5.74, 6) is 0. The first kappa shape index (κ1) is 21.9. The van der Waals surface area contributed by atoms with Crippen molar-refractivity contribution >= 4 is 29.6 Å². The van der Waals surface area contributed by atoms with Gasteiger partial charge in [0, 0.05) is 16.6 Å². The number of carbonyl (C=O) groups is 1. The standard InChI is InChI=1S/C13H19BrF2N3O5P/c1-12(2,3)24-19(11(17)20)18-7-8-4-5-9(10(14)6-8)13(15,16)25(21,22)23/h4-6,18H,7H2,1-3H3,(H2,17,20)(H2,21,22,23). The molecule has 0 saturated carbocycles. The monoisotopic (exact) mass is 445 g/mol. The second-order valence-electron chi connectivity index (χ2n) is 6.07. The highest BCUT2D eigenvalue weighted by Gasteiger charge is 2.51. The van der Waals surface area contributed by atoms with Crippen LogP contribution in [0, 0.1) is 0 Å². The van der Waals surface area contributed by atoms with Crippen LogP contribution in [-0.4, -0.2) is 26.6 Å². The second kappa shape index (κ2) is 7.65. The number of amides is 2. The molecule has 0 aliphatic heterocycles. The molecule has 0 aliphatic rings. The fourth-order valence-electron chi connectivity index (χ4n) is 1.66. The summed E-state index contributed by atoms with van der Waals surface area (Å²) >= 11 is 2.87. The summed E-state index contributed by atoms with van der Waals surface area (Å²) in [6.07, 6.45) is 0. The number of hydrazine groups is 1. The molecule has 0 fully saturated rings. The molecule has 1 aromatic rings. The van der Waals surface area contributed by atoms with E-state index in [4.69, 9.17) is 20.4 Å². The van der Waals surface area contributed by atoms with Gasteiger partial charge in [-0.3, -0.25) is 4.57 Å². The minimum Gasteiger partial charge on any atom is -0.349 e. The van der Waals surface area contributed by atoms with Crippen LogP contribution in [-0.2, 0) is 21.6 Å². The lowest BCUT2D eigenvalue weighted by Crippen LogP contribution is -2.49. The molecule has 0 aliphatic carbocycles. The molecule has 1 rings (SSSR count). The Morgan fingerprint density at radius 2 is 1.96 bits per heavy atom. The zero-order valence-electron chi connectivity index (χ0n) is 13.7. The van der Waals surface area contributed by atoms with Gasteiger partial charge in [-0.15, -0.1) is 5.17 Å². The maximum absolute atomic E-state index is 13.8. The van der Waals surface area contributed by atoms with E-state index in [2.05, 4.69) is 21.4 Å². The van der Waals surface area contributed by atoms with Gasteiger partial charge in [0.1, 0.15) is 0 Å². The van der Waals surface area contributed by atoms with Crippen molar-refractivity contribution in [3.63, 3.8) is 0 Å². The molecular weight excluding hydrogens is 427 g/mol. The minimum absolute atomic E-state index is 0.0145. The summed E-state index contributed by atoms with van der Waals surface area (Å²) < 4.78 is 38.3. The fourth-order valence-corrected chi connectivity index (χ4v) is 3.00. The van der Waals surface area contributed by atoms with E-state index in [0.717, 1.165) is 6.07 Å². The molecule has 25 heavy (non-hydrogen) atoms. The van der Waals surface area contributed by atoms with E-state index in [-0.39, 0.29) is 11.0 Å². The molecule has 0 bridgehead atoms. The lowest BCUT2D eigenvalue weighted by Gasteiger charge is -2.28. The van der Waals surface area contributed by atoms with Crippen LogP contribution < -0.4 is 11.2 Å². The van der Waals surface area contributed by atoms with Crippen molar-refractivity contribution in [2.75, 3.05) is 0 Å². The van der Waals surface area contributed by atoms with E-state index in [1.165, 1.54) is 12.1 Å². The molecule has 0 saturated heterocycles. The molecule has 8 nitrogen and oxygen atoms in total. The van der Waals surface area contributed by atoms with Gasteiger partial charge < -0.3 is 15.5 Å². The predicted octanol–water partition coefficient (Wildman–Crippen LogP) is 2.79. The van der Waals surface area contributed by atoms with Crippen molar-refractivity contribution in [3.8, 4) is 0 Å². The van der Waals surface area contributed by atoms with Crippen molar-refractivity contribution in [3.05, 3.63) is 33.8 Å². The molecular formula is C13H19BrF2N3O5P. The summed E-state index contributed by atoms with van der Waals surface area (Å²) in [4.78, 5) is 34.2. The number of hydrogen-bond donors (Lipinski definition) is 4. The van der Waals surface area contributed by atoms with E-state index >= 15 is 0 Å². The molecule has 1 aromatic carbocycles. The van der Waals surface area contributed by atoms with Gasteiger partial charge in [-0.2, -0.15) is 8.78 Å². The summed E-state index contributed by atoms with van der Waals surface area (Å²) in [5, 5.41) is 0.714. The molecule has 0 radical (unpaired) electrons. The Bertz CT molecular complexity index is 693. The number of halogens is 3. The van der Waals surface area contributed by atoms with E-state index in [9.17, 15) is 18.1 Å². The molecule has 0 aromatic heterocycles. The Labute approximate surface area is 151 Å². The zero-order valence-corrected chi connectivity index (χ0v) is 16.1. The van der Waals surface area contributed by atoms with Crippen LogP contribution in [0.25, 0.3) is 0 Å². The summed E-state index contributed by atoms with van der Waals surface area (Å²) in [6.45, 7) is 5.07. The fraction of sp³-hybridized carbons (Fsp3) is 0.462. The van der Waals surface area contributed by atoms with Crippen molar-refractivity contribution in [2.24, 2.45) is 5.73 Å². The summed E-state index contributed by atoms with van der Waals surface area (Å²) in [5.41, 5.74) is 2.30. The number of nitrogens with one attached hydrogen (secondary N) is 1. The van der Waals surface area contributed by atoms with Crippen molar-refractivity contribution < 1.29 is 32.8 Å². The van der Waals surface area contributed by atoms with Crippen LogP contribution in [0.15, 0.2) is 22.7 Å². The molecule has 0 spiro atoms. The third-order valence-corrected chi connectivity index (χ3v) is 4.34. The van der Waals surface area contributed by atoms with Gasteiger partial charge in [-0.25, -0.2) is 15.1 Å². The highest BCUT2D eigenvalue weighted by molar-refractivity contribution is 9.10. The summed E-state index contributed by atoms with van der Waals surface area (Å²) in [7, 11) is -5.67. The largest absolute Gasteiger partial charge is 0.399 e. The number of rotatable bonds is 6. The molecule has 12 heteroatoms. The normalized spacial score (nSPS) is 13.0. The number of hydroxylamine groups is 1. The molecule has 0 atom stereocenters. The number of primary amides is 1. The Kier molecular flexibility index (Phi) is 6.71. The molecule has 2 amide bonds. The summed E-state index contributed by atoms with van der Waals surface area (Å²) in [6, 6.07) is 2.45. The van der Waals surface area contributed by atoms with Gasteiger partial charge in [0.15, 0.2) is 0 Å². The maximum atomic E-state index is 13.8. The maximum Gasteiger partial charge on any atom is 0.399 e. The Morgan fingerprint density at radius 1 is 1.40 bits per heavy atom. The lowest BCUT2D eigenvalue weighted by molar-refractivity contribution is -0.220. The van der Waals surface area contributed by atoms with E-state index in [1.54, 1.807) is 20.8 Å². The number of alkyl halides is 2. The van der Waals surface area contributed by atoms with Gasteiger partial charge in [-0.05, 0) is 32.4 Å². The number of urea groups is 1. The Balaban J connectivity index is 2.94. The van der Waals surface area contributed by atoms with Crippen LogP contribution in [0.5, 0.6) is 0 Å². The lowest BCUT2D eigenvalue weighted by atomic mass is 10.1. The number of benzene rings is 1. The average molecular weight is 446 g/mol. The van der Waals surface area contributed by atoms with Crippen molar-refractivity contribution in [2.45, 2.75) is 38.6 Å². The van der Waals surface area contributed by atoms with Gasteiger partial charge in [0.05, 0.1) is 5.60 Å². The highest BCUT2D eigenvalue weighted by Crippen LogP contribution is 2.60. The highest BCUT2D eigenvalue weighted by atomic mass is 79.9.